The van der Waals surface area contributed by atoms with Gasteiger partial charge in [-0.3, -0.25) is 0 Å². The lowest BCUT2D eigenvalue weighted by Crippen LogP contribution is -2.47. The fourth-order valence-corrected chi connectivity index (χ4v) is 2.70. The predicted octanol–water partition coefficient (Wildman–Crippen LogP) is 4.62. The molecule has 0 rings (SSSR count). The van der Waals surface area contributed by atoms with E-state index >= 15 is 0 Å². The van der Waals surface area contributed by atoms with Crippen molar-refractivity contribution in [2.24, 2.45) is 11.3 Å². The first kappa shape index (κ1) is 16.0. The molecule has 0 bridgehead atoms. The molecule has 1 heteroatoms. The van der Waals surface area contributed by atoms with E-state index < -0.39 is 0 Å². The monoisotopic (exact) mass is 227 g/mol. The predicted molar refractivity (Wildman–Crippen MR) is 74.8 cm³/mol. The van der Waals surface area contributed by atoms with Gasteiger partial charge in [-0.1, -0.05) is 34.6 Å². The summed E-state index contributed by atoms with van der Waals surface area (Å²) in [6.45, 7) is 18.5. The Labute approximate surface area is 103 Å². The maximum absolute atomic E-state index is 3.77. The minimum absolute atomic E-state index is 0.245. The van der Waals surface area contributed by atoms with Crippen LogP contribution in [0.4, 0.5) is 0 Å². The third-order valence-electron chi connectivity index (χ3n) is 2.79. The van der Waals surface area contributed by atoms with Crippen LogP contribution >= 0.6 is 0 Å². The van der Waals surface area contributed by atoms with Crippen LogP contribution in [0.3, 0.4) is 0 Å². The molecule has 0 aliphatic carbocycles. The minimum atomic E-state index is 0.245. The van der Waals surface area contributed by atoms with E-state index in [1.807, 2.05) is 0 Å². The standard InChI is InChI=1S/C15H33N/c1-12(2)9-10-13(3)16-15(7,8)11-14(4,5)6/h12-13,16H,9-11H2,1-8H3. The summed E-state index contributed by atoms with van der Waals surface area (Å²) in [4.78, 5) is 0. The van der Waals surface area contributed by atoms with E-state index in [-0.39, 0.29) is 5.54 Å². The molecule has 0 radical (unpaired) electrons. The van der Waals surface area contributed by atoms with Crippen molar-refractivity contribution in [1.29, 1.82) is 0 Å². The molecular weight excluding hydrogens is 194 g/mol. The quantitative estimate of drug-likeness (QED) is 0.698. The summed E-state index contributed by atoms with van der Waals surface area (Å²) in [5, 5.41) is 3.77. The molecular formula is C15H33N. The molecule has 1 nitrogen and oxygen atoms in total. The van der Waals surface area contributed by atoms with E-state index in [1.54, 1.807) is 0 Å². The van der Waals surface area contributed by atoms with Gasteiger partial charge in [0.2, 0.25) is 0 Å². The fourth-order valence-electron chi connectivity index (χ4n) is 2.70. The van der Waals surface area contributed by atoms with Crippen LogP contribution in [0.15, 0.2) is 0 Å². The topological polar surface area (TPSA) is 12.0 Å². The van der Waals surface area contributed by atoms with E-state index in [0.29, 0.717) is 11.5 Å². The fraction of sp³-hybridized carbons (Fsp3) is 1.00. The Morgan fingerprint density at radius 1 is 0.875 bits per heavy atom. The molecule has 0 aliphatic rings. The van der Waals surface area contributed by atoms with E-state index in [0.717, 1.165) is 5.92 Å². The van der Waals surface area contributed by atoms with Gasteiger partial charge in [0, 0.05) is 11.6 Å². The SMILES string of the molecule is CC(C)CCC(C)NC(C)(C)CC(C)(C)C. The van der Waals surface area contributed by atoms with Gasteiger partial charge in [-0.2, -0.15) is 0 Å². The second-order valence-electron chi connectivity index (χ2n) is 7.64. The van der Waals surface area contributed by atoms with Gasteiger partial charge in [0.1, 0.15) is 0 Å². The molecule has 16 heavy (non-hydrogen) atoms. The molecule has 0 saturated carbocycles. The van der Waals surface area contributed by atoms with Gasteiger partial charge in [-0.15, -0.1) is 0 Å². The maximum atomic E-state index is 3.77. The van der Waals surface area contributed by atoms with Crippen molar-refractivity contribution < 1.29 is 0 Å². The molecule has 0 aromatic carbocycles. The van der Waals surface area contributed by atoms with Crippen molar-refractivity contribution in [1.82, 2.24) is 5.32 Å². The van der Waals surface area contributed by atoms with Gasteiger partial charge in [-0.05, 0) is 51.4 Å². The Hall–Kier alpha value is -0.0400. The molecule has 0 aromatic rings. The van der Waals surface area contributed by atoms with Gasteiger partial charge in [0.15, 0.2) is 0 Å². The van der Waals surface area contributed by atoms with Crippen LogP contribution in [0.2, 0.25) is 0 Å². The highest BCUT2D eigenvalue weighted by molar-refractivity contribution is 4.85. The van der Waals surface area contributed by atoms with Crippen molar-refractivity contribution in [3.8, 4) is 0 Å². The van der Waals surface area contributed by atoms with Crippen LogP contribution in [0, 0.1) is 11.3 Å². The van der Waals surface area contributed by atoms with Crippen LogP contribution in [0.5, 0.6) is 0 Å². The lowest BCUT2D eigenvalue weighted by Gasteiger charge is -2.36. The highest BCUT2D eigenvalue weighted by atomic mass is 15.0. The third-order valence-corrected chi connectivity index (χ3v) is 2.79. The number of hydrogen-bond donors (Lipinski definition) is 1. The molecule has 0 spiro atoms. The normalized spacial score (nSPS) is 15.6. The van der Waals surface area contributed by atoms with Crippen molar-refractivity contribution in [2.45, 2.75) is 86.2 Å². The number of nitrogens with one attached hydrogen (secondary N) is 1. The molecule has 1 atom stereocenters. The second-order valence-corrected chi connectivity index (χ2v) is 7.64. The molecule has 98 valence electrons. The number of rotatable bonds is 6. The van der Waals surface area contributed by atoms with Crippen molar-refractivity contribution in [3.05, 3.63) is 0 Å². The van der Waals surface area contributed by atoms with E-state index in [4.69, 9.17) is 0 Å². The van der Waals surface area contributed by atoms with Crippen LogP contribution in [0.1, 0.15) is 74.7 Å². The van der Waals surface area contributed by atoms with E-state index in [1.165, 1.54) is 19.3 Å². The van der Waals surface area contributed by atoms with Crippen LogP contribution in [-0.4, -0.2) is 11.6 Å². The van der Waals surface area contributed by atoms with Crippen LogP contribution in [-0.2, 0) is 0 Å². The van der Waals surface area contributed by atoms with Gasteiger partial charge < -0.3 is 5.32 Å². The third kappa shape index (κ3) is 9.21. The van der Waals surface area contributed by atoms with E-state index in [2.05, 4.69) is 60.7 Å². The van der Waals surface area contributed by atoms with Crippen molar-refractivity contribution >= 4 is 0 Å². The summed E-state index contributed by atoms with van der Waals surface area (Å²) in [7, 11) is 0. The summed E-state index contributed by atoms with van der Waals surface area (Å²) < 4.78 is 0. The smallest absolute Gasteiger partial charge is 0.0132 e. The minimum Gasteiger partial charge on any atom is -0.309 e. The van der Waals surface area contributed by atoms with Gasteiger partial charge in [-0.25, -0.2) is 0 Å². The first-order valence-electron chi connectivity index (χ1n) is 6.79. The average molecular weight is 227 g/mol. The summed E-state index contributed by atoms with van der Waals surface area (Å²) in [6, 6.07) is 0.625. The molecule has 0 heterocycles. The maximum Gasteiger partial charge on any atom is 0.0132 e. The van der Waals surface area contributed by atoms with Gasteiger partial charge >= 0.3 is 0 Å². The summed E-state index contributed by atoms with van der Waals surface area (Å²) >= 11 is 0. The highest BCUT2D eigenvalue weighted by Gasteiger charge is 2.26. The largest absolute Gasteiger partial charge is 0.309 e. The molecule has 0 aliphatic heterocycles. The lowest BCUT2D eigenvalue weighted by atomic mass is 9.81. The molecule has 0 amide bonds. The van der Waals surface area contributed by atoms with Gasteiger partial charge in [0.25, 0.3) is 0 Å². The molecule has 0 fully saturated rings. The Bertz CT molecular complexity index is 186. The Kier molecular flexibility index (Phi) is 6.03. The Morgan fingerprint density at radius 3 is 1.75 bits per heavy atom. The molecule has 1 N–H and O–H groups in total. The van der Waals surface area contributed by atoms with Gasteiger partial charge in [0.05, 0.1) is 0 Å². The zero-order valence-electron chi connectivity index (χ0n) is 12.8. The Morgan fingerprint density at radius 2 is 1.38 bits per heavy atom. The first-order chi connectivity index (χ1) is 7.02. The summed E-state index contributed by atoms with van der Waals surface area (Å²) in [5.74, 6) is 0.815. The van der Waals surface area contributed by atoms with Crippen molar-refractivity contribution in [2.75, 3.05) is 0 Å². The van der Waals surface area contributed by atoms with E-state index in [9.17, 15) is 0 Å². The highest BCUT2D eigenvalue weighted by Crippen LogP contribution is 2.27. The average Bonchev–Trinajstić information content (AvgIpc) is 1.94. The number of hydrogen-bond acceptors (Lipinski definition) is 1. The molecule has 0 aromatic heterocycles. The zero-order chi connectivity index (χ0) is 13.0. The summed E-state index contributed by atoms with van der Waals surface area (Å²) in [6.07, 6.45) is 3.82. The van der Waals surface area contributed by atoms with Crippen molar-refractivity contribution in [3.63, 3.8) is 0 Å². The zero-order valence-corrected chi connectivity index (χ0v) is 12.8. The molecule has 1 unspecified atom stereocenters. The first-order valence-corrected chi connectivity index (χ1v) is 6.79. The Balaban J connectivity index is 4.05. The van der Waals surface area contributed by atoms with Crippen LogP contribution < -0.4 is 5.32 Å². The lowest BCUT2D eigenvalue weighted by molar-refractivity contribution is 0.220. The van der Waals surface area contributed by atoms with Crippen LogP contribution in [0.25, 0.3) is 0 Å². The molecule has 0 saturated heterocycles. The second kappa shape index (κ2) is 6.05. The summed E-state index contributed by atoms with van der Waals surface area (Å²) in [5.41, 5.74) is 0.642.